The molecule has 0 aliphatic rings. The number of pyridine rings is 1. The van der Waals surface area contributed by atoms with Crippen LogP contribution >= 0.6 is 0 Å². The van der Waals surface area contributed by atoms with Crippen molar-refractivity contribution >= 4 is 11.7 Å². The lowest BCUT2D eigenvalue weighted by molar-refractivity contribution is 0.0950. The van der Waals surface area contributed by atoms with Crippen LogP contribution in [-0.2, 0) is 6.54 Å². The molecule has 2 aromatic rings. The van der Waals surface area contributed by atoms with E-state index in [-0.39, 0.29) is 5.91 Å². The van der Waals surface area contributed by atoms with Crippen molar-refractivity contribution in [3.8, 4) is 0 Å². The van der Waals surface area contributed by atoms with E-state index < -0.39 is 0 Å². The molecule has 0 bridgehead atoms. The van der Waals surface area contributed by atoms with E-state index in [9.17, 15) is 4.79 Å². The Morgan fingerprint density at radius 3 is 2.75 bits per heavy atom. The lowest BCUT2D eigenvalue weighted by atomic mass is 10.2. The Labute approximate surface area is 117 Å². The highest BCUT2D eigenvalue weighted by Crippen LogP contribution is 2.05. The number of anilines is 1. The van der Waals surface area contributed by atoms with Gasteiger partial charge in [0.05, 0.1) is 17.8 Å². The van der Waals surface area contributed by atoms with Gasteiger partial charge in [0.15, 0.2) is 0 Å². The average Bonchev–Trinajstić information content (AvgIpc) is 2.46. The molecule has 2 rings (SSSR count). The molecule has 0 saturated heterocycles. The number of nitrogens with one attached hydrogen (secondary N) is 2. The van der Waals surface area contributed by atoms with Crippen molar-refractivity contribution in [2.45, 2.75) is 20.4 Å². The highest BCUT2D eigenvalue weighted by molar-refractivity contribution is 5.93. The first kappa shape index (κ1) is 13.9. The van der Waals surface area contributed by atoms with Crippen LogP contribution in [0.2, 0.25) is 0 Å². The molecule has 0 spiro atoms. The van der Waals surface area contributed by atoms with Crippen LogP contribution in [0, 0.1) is 6.92 Å². The third kappa shape index (κ3) is 3.74. The molecule has 0 aromatic carbocycles. The summed E-state index contributed by atoms with van der Waals surface area (Å²) in [4.78, 5) is 24.4. The normalized spacial score (nSPS) is 10.1. The molecule has 0 aliphatic heterocycles. The summed E-state index contributed by atoms with van der Waals surface area (Å²) in [6.07, 6.45) is 3.23. The van der Waals surface area contributed by atoms with Crippen molar-refractivity contribution in [2.75, 3.05) is 11.9 Å². The summed E-state index contributed by atoms with van der Waals surface area (Å²) >= 11 is 0. The molecular formula is C14H17N5O. The molecule has 0 radical (unpaired) electrons. The Morgan fingerprint density at radius 2 is 2.10 bits per heavy atom. The van der Waals surface area contributed by atoms with Crippen LogP contribution in [-0.4, -0.2) is 27.4 Å². The van der Waals surface area contributed by atoms with Gasteiger partial charge in [-0.25, -0.2) is 15.0 Å². The minimum Gasteiger partial charge on any atom is -0.370 e. The molecule has 6 heteroatoms. The standard InChI is InChI=1S/C14H17N5O/c1-3-15-13-5-4-11(8-17-13)14(20)18-9-12-6-7-16-10(2)19-12/h4-8H,3,9H2,1-2H3,(H,15,17)(H,18,20). The molecule has 104 valence electrons. The molecule has 0 aliphatic carbocycles. The van der Waals surface area contributed by atoms with Gasteiger partial charge in [-0.2, -0.15) is 0 Å². The van der Waals surface area contributed by atoms with Gasteiger partial charge in [-0.1, -0.05) is 0 Å². The summed E-state index contributed by atoms with van der Waals surface area (Å²) in [7, 11) is 0. The maximum Gasteiger partial charge on any atom is 0.253 e. The van der Waals surface area contributed by atoms with Gasteiger partial charge < -0.3 is 10.6 Å². The number of aromatic nitrogens is 3. The summed E-state index contributed by atoms with van der Waals surface area (Å²) < 4.78 is 0. The smallest absolute Gasteiger partial charge is 0.253 e. The Hall–Kier alpha value is -2.50. The summed E-state index contributed by atoms with van der Waals surface area (Å²) in [5, 5.41) is 5.88. The van der Waals surface area contributed by atoms with Crippen molar-refractivity contribution in [1.29, 1.82) is 0 Å². The van der Waals surface area contributed by atoms with Gasteiger partial charge in [0.2, 0.25) is 0 Å². The van der Waals surface area contributed by atoms with E-state index in [1.54, 1.807) is 30.6 Å². The van der Waals surface area contributed by atoms with Crippen LogP contribution in [0.1, 0.15) is 28.8 Å². The zero-order valence-electron chi connectivity index (χ0n) is 11.6. The number of aryl methyl sites for hydroxylation is 1. The molecule has 20 heavy (non-hydrogen) atoms. The first-order valence-corrected chi connectivity index (χ1v) is 6.45. The molecule has 1 amide bonds. The quantitative estimate of drug-likeness (QED) is 0.862. The third-order valence-corrected chi connectivity index (χ3v) is 2.65. The molecule has 6 nitrogen and oxygen atoms in total. The molecule has 0 atom stereocenters. The summed E-state index contributed by atoms with van der Waals surface area (Å²) in [5.74, 6) is 1.28. The highest BCUT2D eigenvalue weighted by Gasteiger charge is 2.06. The van der Waals surface area contributed by atoms with Crippen molar-refractivity contribution in [2.24, 2.45) is 0 Å². The van der Waals surface area contributed by atoms with Crippen LogP contribution in [0.4, 0.5) is 5.82 Å². The minimum absolute atomic E-state index is 0.170. The largest absolute Gasteiger partial charge is 0.370 e. The second-order valence-corrected chi connectivity index (χ2v) is 4.24. The number of rotatable bonds is 5. The van der Waals surface area contributed by atoms with E-state index in [0.29, 0.717) is 17.9 Å². The molecule has 2 N–H and O–H groups in total. The second-order valence-electron chi connectivity index (χ2n) is 4.24. The lowest BCUT2D eigenvalue weighted by Crippen LogP contribution is -2.23. The van der Waals surface area contributed by atoms with E-state index in [0.717, 1.165) is 18.1 Å². The Kier molecular flexibility index (Phi) is 4.60. The fourth-order valence-corrected chi connectivity index (χ4v) is 1.69. The Balaban J connectivity index is 1.94. The predicted octanol–water partition coefficient (Wildman–Crippen LogP) is 1.54. The first-order valence-electron chi connectivity index (χ1n) is 6.45. The zero-order chi connectivity index (χ0) is 14.4. The van der Waals surface area contributed by atoms with Crippen molar-refractivity contribution in [3.63, 3.8) is 0 Å². The number of amides is 1. The summed E-state index contributed by atoms with van der Waals surface area (Å²) in [6, 6.07) is 5.30. The van der Waals surface area contributed by atoms with Gasteiger partial charge in [-0.15, -0.1) is 0 Å². The lowest BCUT2D eigenvalue weighted by Gasteiger charge is -2.06. The van der Waals surface area contributed by atoms with E-state index >= 15 is 0 Å². The average molecular weight is 271 g/mol. The van der Waals surface area contributed by atoms with Crippen LogP contribution in [0.25, 0.3) is 0 Å². The van der Waals surface area contributed by atoms with Crippen molar-refractivity contribution < 1.29 is 4.79 Å². The van der Waals surface area contributed by atoms with Crippen LogP contribution in [0.5, 0.6) is 0 Å². The van der Waals surface area contributed by atoms with Gasteiger partial charge in [0.1, 0.15) is 11.6 Å². The van der Waals surface area contributed by atoms with Crippen molar-refractivity contribution in [1.82, 2.24) is 20.3 Å². The fourth-order valence-electron chi connectivity index (χ4n) is 1.69. The van der Waals surface area contributed by atoms with Gasteiger partial charge in [-0.3, -0.25) is 4.79 Å². The molecule has 0 fully saturated rings. The van der Waals surface area contributed by atoms with Gasteiger partial charge in [0.25, 0.3) is 5.91 Å². The van der Waals surface area contributed by atoms with Crippen LogP contribution in [0.3, 0.4) is 0 Å². The highest BCUT2D eigenvalue weighted by atomic mass is 16.1. The number of carbonyl (C=O) groups excluding carboxylic acids is 1. The zero-order valence-corrected chi connectivity index (χ0v) is 11.6. The molecule has 0 saturated carbocycles. The van der Waals surface area contributed by atoms with E-state index in [1.807, 2.05) is 13.8 Å². The molecular weight excluding hydrogens is 254 g/mol. The number of hydrogen-bond donors (Lipinski definition) is 2. The van der Waals surface area contributed by atoms with Crippen LogP contribution < -0.4 is 10.6 Å². The van der Waals surface area contributed by atoms with Crippen LogP contribution in [0.15, 0.2) is 30.6 Å². The van der Waals surface area contributed by atoms with Gasteiger partial charge >= 0.3 is 0 Å². The van der Waals surface area contributed by atoms with Crippen molar-refractivity contribution in [3.05, 3.63) is 47.7 Å². The first-order chi connectivity index (χ1) is 9.69. The number of hydrogen-bond acceptors (Lipinski definition) is 5. The molecule has 2 heterocycles. The van der Waals surface area contributed by atoms with E-state index in [2.05, 4.69) is 25.6 Å². The SMILES string of the molecule is CCNc1ccc(C(=O)NCc2ccnc(C)n2)cn1. The molecule has 2 aromatic heterocycles. The van der Waals surface area contributed by atoms with Gasteiger partial charge in [0, 0.05) is 18.9 Å². The maximum atomic E-state index is 12.0. The fraction of sp³-hybridized carbons (Fsp3) is 0.286. The number of carbonyl (C=O) groups is 1. The molecule has 0 unspecified atom stereocenters. The van der Waals surface area contributed by atoms with E-state index in [1.165, 1.54) is 0 Å². The summed E-state index contributed by atoms with van der Waals surface area (Å²) in [5.41, 5.74) is 1.31. The third-order valence-electron chi connectivity index (χ3n) is 2.65. The minimum atomic E-state index is -0.170. The maximum absolute atomic E-state index is 12.0. The van der Waals surface area contributed by atoms with Gasteiger partial charge in [-0.05, 0) is 32.0 Å². The predicted molar refractivity (Wildman–Crippen MR) is 76.3 cm³/mol. The van der Waals surface area contributed by atoms with E-state index in [4.69, 9.17) is 0 Å². The Bertz CT molecular complexity index is 582. The number of nitrogens with zero attached hydrogens (tertiary/aromatic N) is 3. The second kappa shape index (κ2) is 6.60. The topological polar surface area (TPSA) is 79.8 Å². The summed E-state index contributed by atoms with van der Waals surface area (Å²) in [6.45, 7) is 4.98. The Morgan fingerprint density at radius 1 is 1.25 bits per heavy atom. The monoisotopic (exact) mass is 271 g/mol.